The lowest BCUT2D eigenvalue weighted by molar-refractivity contribution is -0.127. The van der Waals surface area contributed by atoms with E-state index in [4.69, 9.17) is 5.84 Å². The van der Waals surface area contributed by atoms with E-state index in [1.807, 2.05) is 11.8 Å². The Bertz CT molecular complexity index is 448. The molecular weight excluding hydrogens is 256 g/mol. The maximum absolute atomic E-state index is 11.9. The van der Waals surface area contributed by atoms with Crippen LogP contribution in [0, 0.1) is 0 Å². The van der Waals surface area contributed by atoms with Crippen molar-refractivity contribution in [1.82, 2.24) is 14.9 Å². The number of amides is 1. The van der Waals surface area contributed by atoms with Crippen LogP contribution in [0.5, 0.6) is 0 Å². The summed E-state index contributed by atoms with van der Waals surface area (Å²) < 4.78 is 0. The molecule has 0 unspecified atom stereocenters. The van der Waals surface area contributed by atoms with Gasteiger partial charge in [-0.1, -0.05) is 6.92 Å². The molecule has 1 amide bonds. The summed E-state index contributed by atoms with van der Waals surface area (Å²) >= 11 is 0. The first-order valence-electron chi connectivity index (χ1n) is 6.81. The molecule has 0 aliphatic heterocycles. The zero-order valence-corrected chi connectivity index (χ0v) is 12.7. The number of carbonyl (C=O) groups is 1. The fourth-order valence-corrected chi connectivity index (χ4v) is 1.71. The molecule has 0 radical (unpaired) electrons. The molecule has 1 heterocycles. The second kappa shape index (κ2) is 7.64. The minimum Gasteiger partial charge on any atom is -0.347 e. The number of hydrogen-bond donors (Lipinski definition) is 2. The molecule has 0 saturated heterocycles. The van der Waals surface area contributed by atoms with Gasteiger partial charge < -0.3 is 15.2 Å². The topological polar surface area (TPSA) is 87.4 Å². The van der Waals surface area contributed by atoms with Crippen molar-refractivity contribution >= 4 is 17.5 Å². The highest BCUT2D eigenvalue weighted by atomic mass is 16.2. The van der Waals surface area contributed by atoms with Gasteiger partial charge in [0, 0.05) is 33.1 Å². The van der Waals surface area contributed by atoms with Crippen molar-refractivity contribution < 1.29 is 4.79 Å². The summed E-state index contributed by atoms with van der Waals surface area (Å²) in [4.78, 5) is 24.1. The van der Waals surface area contributed by atoms with Gasteiger partial charge in [-0.2, -0.15) is 0 Å². The van der Waals surface area contributed by atoms with Gasteiger partial charge in [0.25, 0.3) is 0 Å². The maximum atomic E-state index is 11.9. The Labute approximate surface area is 120 Å². The fraction of sp³-hybridized carbons (Fsp3) is 0.615. The quantitative estimate of drug-likeness (QED) is 0.562. The lowest BCUT2D eigenvalue weighted by atomic mass is 10.3. The van der Waals surface area contributed by atoms with Gasteiger partial charge in [-0.3, -0.25) is 4.79 Å². The highest BCUT2D eigenvalue weighted by Gasteiger charge is 2.14. The van der Waals surface area contributed by atoms with Crippen molar-refractivity contribution in [3.8, 4) is 0 Å². The van der Waals surface area contributed by atoms with E-state index in [2.05, 4.69) is 22.3 Å². The molecule has 1 rings (SSSR count). The van der Waals surface area contributed by atoms with Gasteiger partial charge in [-0.25, -0.2) is 15.8 Å². The van der Waals surface area contributed by atoms with Gasteiger partial charge in [-0.15, -0.1) is 0 Å². The number of anilines is 2. The first-order chi connectivity index (χ1) is 9.51. The number of nitrogens with one attached hydrogen (secondary N) is 1. The van der Waals surface area contributed by atoms with E-state index in [-0.39, 0.29) is 12.5 Å². The molecule has 0 saturated carbocycles. The van der Waals surface area contributed by atoms with Gasteiger partial charge in [-0.05, 0) is 13.3 Å². The van der Waals surface area contributed by atoms with Crippen LogP contribution < -0.4 is 16.2 Å². The first kappa shape index (κ1) is 16.2. The first-order valence-corrected chi connectivity index (χ1v) is 6.81. The number of aromatic nitrogens is 2. The smallest absolute Gasteiger partial charge is 0.241 e. The lowest BCUT2D eigenvalue weighted by Crippen LogP contribution is -2.37. The minimum atomic E-state index is 0.0322. The lowest BCUT2D eigenvalue weighted by Gasteiger charge is -2.24. The summed E-state index contributed by atoms with van der Waals surface area (Å²) in [6, 6.07) is 1.76. The number of rotatable bonds is 7. The van der Waals surface area contributed by atoms with Crippen molar-refractivity contribution in [3.05, 3.63) is 11.9 Å². The van der Waals surface area contributed by atoms with Crippen LogP contribution in [0.1, 0.15) is 26.1 Å². The zero-order chi connectivity index (χ0) is 15.1. The number of aryl methyl sites for hydroxylation is 1. The number of likely N-dealkylation sites (N-methyl/N-ethyl adjacent to an activating group) is 2. The molecule has 7 nitrogen and oxygen atoms in total. The summed E-state index contributed by atoms with van der Waals surface area (Å²) in [5.74, 6) is 7.48. The van der Waals surface area contributed by atoms with Crippen LogP contribution in [0.25, 0.3) is 0 Å². The van der Waals surface area contributed by atoms with Gasteiger partial charge in [0.2, 0.25) is 5.91 Å². The number of nitrogens with zero attached hydrogens (tertiary/aromatic N) is 4. The molecular formula is C13H24N6O. The molecule has 112 valence electrons. The Balaban J connectivity index is 3.01. The predicted molar refractivity (Wildman–Crippen MR) is 80.4 cm³/mol. The molecule has 0 atom stereocenters. The molecule has 7 heteroatoms. The van der Waals surface area contributed by atoms with E-state index in [0.29, 0.717) is 18.2 Å². The summed E-state index contributed by atoms with van der Waals surface area (Å²) in [6.45, 7) is 5.03. The number of nitrogen functional groups attached to an aromatic ring is 1. The van der Waals surface area contributed by atoms with Crippen LogP contribution in [-0.4, -0.2) is 48.0 Å². The Morgan fingerprint density at radius 3 is 2.55 bits per heavy atom. The zero-order valence-electron chi connectivity index (χ0n) is 12.7. The summed E-state index contributed by atoms with van der Waals surface area (Å²) in [7, 11) is 3.48. The van der Waals surface area contributed by atoms with Crippen molar-refractivity contribution in [1.29, 1.82) is 0 Å². The summed E-state index contributed by atoms with van der Waals surface area (Å²) in [5.41, 5.74) is 2.55. The van der Waals surface area contributed by atoms with Gasteiger partial charge in [0.05, 0.1) is 6.54 Å². The van der Waals surface area contributed by atoms with E-state index in [1.54, 1.807) is 25.1 Å². The molecule has 20 heavy (non-hydrogen) atoms. The highest BCUT2D eigenvalue weighted by molar-refractivity contribution is 5.80. The van der Waals surface area contributed by atoms with E-state index < -0.39 is 0 Å². The third-order valence-electron chi connectivity index (χ3n) is 2.91. The summed E-state index contributed by atoms with van der Waals surface area (Å²) in [6.07, 6.45) is 1.73. The molecule has 0 fully saturated rings. The molecule has 0 aliphatic rings. The Kier molecular flexibility index (Phi) is 6.17. The number of nitrogens with two attached hydrogens (primary N) is 1. The molecule has 3 N–H and O–H groups in total. The van der Waals surface area contributed by atoms with Gasteiger partial charge >= 0.3 is 0 Å². The third-order valence-corrected chi connectivity index (χ3v) is 2.91. The van der Waals surface area contributed by atoms with E-state index in [9.17, 15) is 4.79 Å². The summed E-state index contributed by atoms with van der Waals surface area (Å²) in [5, 5.41) is 0. The van der Waals surface area contributed by atoms with Crippen molar-refractivity contribution in [2.45, 2.75) is 26.7 Å². The van der Waals surface area contributed by atoms with E-state index >= 15 is 0 Å². The normalized spacial score (nSPS) is 10.2. The van der Waals surface area contributed by atoms with Crippen LogP contribution in [0.2, 0.25) is 0 Å². The van der Waals surface area contributed by atoms with Crippen molar-refractivity contribution in [2.24, 2.45) is 5.84 Å². The van der Waals surface area contributed by atoms with E-state index in [1.165, 1.54) is 0 Å². The molecule has 1 aromatic heterocycles. The Morgan fingerprint density at radius 2 is 2.05 bits per heavy atom. The van der Waals surface area contributed by atoms with Gasteiger partial charge in [0.15, 0.2) is 0 Å². The van der Waals surface area contributed by atoms with Crippen LogP contribution in [-0.2, 0) is 11.2 Å². The third kappa shape index (κ3) is 4.34. The second-order valence-electron chi connectivity index (χ2n) is 4.72. The average Bonchev–Trinajstić information content (AvgIpc) is 2.44. The maximum Gasteiger partial charge on any atom is 0.241 e. The minimum absolute atomic E-state index is 0.0322. The Morgan fingerprint density at radius 1 is 1.35 bits per heavy atom. The molecule has 0 spiro atoms. The number of hydrogen-bond acceptors (Lipinski definition) is 6. The predicted octanol–water partition coefficient (Wildman–Crippen LogP) is 0.629. The standard InChI is InChI=1S/C13H24N6O/c1-5-7-10-15-11(17-14)8-12(16-10)19(6-2)9-13(20)18(3)4/h8H,5-7,9,14H2,1-4H3,(H,15,16,17). The fourth-order valence-electron chi connectivity index (χ4n) is 1.71. The average molecular weight is 280 g/mol. The monoisotopic (exact) mass is 280 g/mol. The molecule has 1 aromatic rings. The largest absolute Gasteiger partial charge is 0.347 e. The molecule has 0 aromatic carbocycles. The van der Waals surface area contributed by atoms with Gasteiger partial charge in [0.1, 0.15) is 17.5 Å². The Hall–Kier alpha value is -1.89. The molecule has 0 aliphatic carbocycles. The van der Waals surface area contributed by atoms with Crippen LogP contribution in [0.3, 0.4) is 0 Å². The van der Waals surface area contributed by atoms with Crippen LogP contribution in [0.4, 0.5) is 11.6 Å². The number of hydrazine groups is 1. The second-order valence-corrected chi connectivity index (χ2v) is 4.72. The SMILES string of the molecule is CCCc1nc(NN)cc(N(CC)CC(=O)N(C)C)n1. The van der Waals surface area contributed by atoms with Crippen molar-refractivity contribution in [2.75, 3.05) is 37.5 Å². The van der Waals surface area contributed by atoms with E-state index in [0.717, 1.165) is 18.7 Å². The molecule has 0 bridgehead atoms. The highest BCUT2D eigenvalue weighted by Crippen LogP contribution is 2.16. The van der Waals surface area contributed by atoms with Crippen LogP contribution in [0.15, 0.2) is 6.07 Å². The number of carbonyl (C=O) groups excluding carboxylic acids is 1. The van der Waals surface area contributed by atoms with Crippen LogP contribution >= 0.6 is 0 Å². The van der Waals surface area contributed by atoms with Crippen molar-refractivity contribution in [3.63, 3.8) is 0 Å².